The van der Waals surface area contributed by atoms with Crippen molar-refractivity contribution in [1.82, 2.24) is 0 Å². The van der Waals surface area contributed by atoms with Crippen LogP contribution in [0.15, 0.2) is 84.5 Å². The Bertz CT molecular complexity index is 754. The Kier molecular flexibility index (Phi) is 5.90. The van der Waals surface area contributed by atoms with Crippen LogP contribution in [0.5, 0.6) is 0 Å². The van der Waals surface area contributed by atoms with Gasteiger partial charge in [-0.3, -0.25) is 4.79 Å². The van der Waals surface area contributed by atoms with Gasteiger partial charge in [0.15, 0.2) is 0 Å². The Labute approximate surface area is 146 Å². The summed E-state index contributed by atoms with van der Waals surface area (Å²) in [6.07, 6.45) is 4.43. The van der Waals surface area contributed by atoms with E-state index in [2.05, 4.69) is 48.5 Å². The molecule has 2 aromatic rings. The average molecular weight is 336 g/mol. The molecule has 1 aliphatic rings. The van der Waals surface area contributed by atoms with E-state index >= 15 is 0 Å². The van der Waals surface area contributed by atoms with Gasteiger partial charge in [-0.25, -0.2) is 4.79 Å². The predicted octanol–water partition coefficient (Wildman–Crippen LogP) is 4.40. The molecule has 2 aromatic carbocycles. The fourth-order valence-corrected chi connectivity index (χ4v) is 2.45. The van der Waals surface area contributed by atoms with Gasteiger partial charge in [-0.15, -0.1) is 0 Å². The van der Waals surface area contributed by atoms with Crippen LogP contribution in [0.2, 0.25) is 0 Å². The molecule has 1 atom stereocenters. The second kappa shape index (κ2) is 8.11. The molecule has 0 fully saturated rings. The van der Waals surface area contributed by atoms with Crippen molar-refractivity contribution < 1.29 is 19.8 Å². The zero-order chi connectivity index (χ0) is 18.3. The summed E-state index contributed by atoms with van der Waals surface area (Å²) in [5, 5.41) is 17.5. The number of hydrogen-bond acceptors (Lipinski definition) is 2. The highest BCUT2D eigenvalue weighted by atomic mass is 16.4. The number of hydrogen-bond donors (Lipinski definition) is 2. The monoisotopic (exact) mass is 336 g/mol. The standard InChI is InChI=1S/C12H10.C9H10O4/c1-3-7-11(8-4-1)12-9-5-2-6-10-12;1-9(8(12)13)4-2-3-6(5-9)7(10)11/h1-10H;2-4H,5H2,1H3,(H,10,11)(H,12,13). The van der Waals surface area contributed by atoms with E-state index in [1.165, 1.54) is 36.3 Å². The molecule has 2 N–H and O–H groups in total. The van der Waals surface area contributed by atoms with Gasteiger partial charge in [-0.2, -0.15) is 0 Å². The van der Waals surface area contributed by atoms with E-state index < -0.39 is 17.4 Å². The molecule has 0 heterocycles. The third-order valence-electron chi connectivity index (χ3n) is 3.96. The minimum absolute atomic E-state index is 0.0359. The molecule has 4 heteroatoms. The van der Waals surface area contributed by atoms with Crippen LogP contribution in [-0.2, 0) is 9.59 Å². The van der Waals surface area contributed by atoms with Crippen molar-refractivity contribution in [2.75, 3.05) is 0 Å². The molecule has 25 heavy (non-hydrogen) atoms. The summed E-state index contributed by atoms with van der Waals surface area (Å²) in [5.41, 5.74) is 1.60. The highest BCUT2D eigenvalue weighted by molar-refractivity contribution is 5.90. The lowest BCUT2D eigenvalue weighted by Gasteiger charge is -2.23. The fourth-order valence-electron chi connectivity index (χ4n) is 2.45. The lowest BCUT2D eigenvalue weighted by Crippen LogP contribution is -2.28. The molecular formula is C21H20O4. The smallest absolute Gasteiger partial charge is 0.331 e. The van der Waals surface area contributed by atoms with Crippen molar-refractivity contribution in [2.45, 2.75) is 13.3 Å². The maximum Gasteiger partial charge on any atom is 0.331 e. The Morgan fingerprint density at radius 2 is 1.36 bits per heavy atom. The molecule has 0 saturated carbocycles. The molecule has 0 bridgehead atoms. The Morgan fingerprint density at radius 3 is 1.76 bits per heavy atom. The van der Waals surface area contributed by atoms with Crippen molar-refractivity contribution in [3.63, 3.8) is 0 Å². The van der Waals surface area contributed by atoms with E-state index in [4.69, 9.17) is 10.2 Å². The lowest BCUT2D eigenvalue weighted by atomic mass is 9.80. The zero-order valence-corrected chi connectivity index (χ0v) is 13.9. The summed E-state index contributed by atoms with van der Waals surface area (Å²) >= 11 is 0. The molecule has 0 amide bonds. The Hall–Kier alpha value is -3.14. The topological polar surface area (TPSA) is 74.6 Å². The van der Waals surface area contributed by atoms with Crippen LogP contribution in [0, 0.1) is 5.41 Å². The van der Waals surface area contributed by atoms with Crippen molar-refractivity contribution >= 4 is 11.9 Å². The second-order valence-corrected chi connectivity index (χ2v) is 5.99. The highest BCUT2D eigenvalue weighted by Crippen LogP contribution is 2.31. The number of allylic oxidation sites excluding steroid dienone is 2. The van der Waals surface area contributed by atoms with Gasteiger partial charge >= 0.3 is 11.9 Å². The first-order valence-corrected chi connectivity index (χ1v) is 7.88. The predicted molar refractivity (Wildman–Crippen MR) is 97.1 cm³/mol. The number of aliphatic carboxylic acids is 2. The molecule has 0 spiro atoms. The van der Waals surface area contributed by atoms with Crippen molar-refractivity contribution in [3.05, 3.63) is 84.5 Å². The van der Waals surface area contributed by atoms with Gasteiger partial charge < -0.3 is 10.2 Å². The summed E-state index contributed by atoms with van der Waals surface area (Å²) < 4.78 is 0. The molecule has 0 radical (unpaired) electrons. The van der Waals surface area contributed by atoms with E-state index in [0.29, 0.717) is 0 Å². The summed E-state index contributed by atoms with van der Waals surface area (Å²) in [5.74, 6) is -2.06. The second-order valence-electron chi connectivity index (χ2n) is 5.99. The fraction of sp³-hybridized carbons (Fsp3) is 0.143. The number of rotatable bonds is 3. The first-order valence-electron chi connectivity index (χ1n) is 7.88. The number of benzene rings is 2. The summed E-state index contributed by atoms with van der Waals surface area (Å²) in [7, 11) is 0. The third kappa shape index (κ3) is 4.91. The quantitative estimate of drug-likeness (QED) is 0.871. The normalized spacial score (nSPS) is 18.5. The maximum absolute atomic E-state index is 10.8. The summed E-state index contributed by atoms with van der Waals surface area (Å²) in [6, 6.07) is 20.8. The van der Waals surface area contributed by atoms with Gasteiger partial charge in [-0.1, -0.05) is 78.9 Å². The van der Waals surface area contributed by atoms with Crippen molar-refractivity contribution in [1.29, 1.82) is 0 Å². The zero-order valence-electron chi connectivity index (χ0n) is 13.9. The van der Waals surface area contributed by atoms with Gasteiger partial charge in [0.05, 0.1) is 5.41 Å². The average Bonchev–Trinajstić information content (AvgIpc) is 2.64. The van der Waals surface area contributed by atoms with Gasteiger partial charge in [0.1, 0.15) is 0 Å². The summed E-state index contributed by atoms with van der Waals surface area (Å²) in [6.45, 7) is 1.50. The number of carboxylic acid groups (broad SMARTS) is 2. The van der Waals surface area contributed by atoms with Gasteiger partial charge in [-0.05, 0) is 24.5 Å². The minimum atomic E-state index is -1.08. The number of carbonyl (C=O) groups is 2. The molecule has 4 nitrogen and oxygen atoms in total. The van der Waals surface area contributed by atoms with E-state index in [1.807, 2.05) is 12.1 Å². The summed E-state index contributed by atoms with van der Waals surface area (Å²) in [4.78, 5) is 21.3. The minimum Gasteiger partial charge on any atom is -0.481 e. The Balaban J connectivity index is 0.000000181. The van der Waals surface area contributed by atoms with Crippen LogP contribution in [0.3, 0.4) is 0 Å². The molecule has 1 unspecified atom stereocenters. The Morgan fingerprint density at radius 1 is 0.880 bits per heavy atom. The largest absolute Gasteiger partial charge is 0.481 e. The first-order chi connectivity index (χ1) is 11.9. The van der Waals surface area contributed by atoms with Crippen molar-refractivity contribution in [3.8, 4) is 11.1 Å². The van der Waals surface area contributed by atoms with Gasteiger partial charge in [0.25, 0.3) is 0 Å². The molecule has 1 aliphatic carbocycles. The van der Waals surface area contributed by atoms with Crippen LogP contribution in [0.1, 0.15) is 13.3 Å². The number of carboxylic acids is 2. The van der Waals surface area contributed by atoms with Crippen LogP contribution in [-0.4, -0.2) is 22.2 Å². The van der Waals surface area contributed by atoms with Crippen LogP contribution >= 0.6 is 0 Å². The van der Waals surface area contributed by atoms with Crippen molar-refractivity contribution in [2.24, 2.45) is 5.41 Å². The van der Waals surface area contributed by atoms with Crippen LogP contribution in [0.4, 0.5) is 0 Å². The third-order valence-corrected chi connectivity index (χ3v) is 3.96. The molecular weight excluding hydrogens is 316 g/mol. The molecule has 0 saturated heterocycles. The molecule has 3 rings (SSSR count). The van der Waals surface area contributed by atoms with Crippen LogP contribution in [0.25, 0.3) is 11.1 Å². The van der Waals surface area contributed by atoms with Crippen LogP contribution < -0.4 is 0 Å². The van der Waals surface area contributed by atoms with E-state index in [9.17, 15) is 9.59 Å². The lowest BCUT2D eigenvalue weighted by molar-refractivity contribution is -0.145. The molecule has 0 aliphatic heterocycles. The molecule has 0 aromatic heterocycles. The van der Waals surface area contributed by atoms with E-state index in [-0.39, 0.29) is 12.0 Å². The van der Waals surface area contributed by atoms with Gasteiger partial charge in [0, 0.05) is 5.57 Å². The SMILES string of the molecule is CC1(C(=O)O)C=CC=C(C(=O)O)C1.c1ccc(-c2ccccc2)cc1. The van der Waals surface area contributed by atoms with E-state index in [0.717, 1.165) is 0 Å². The first kappa shape index (κ1) is 18.2. The maximum atomic E-state index is 10.8. The highest BCUT2D eigenvalue weighted by Gasteiger charge is 2.34. The van der Waals surface area contributed by atoms with E-state index in [1.54, 1.807) is 0 Å². The molecule has 128 valence electrons. The van der Waals surface area contributed by atoms with Gasteiger partial charge in [0.2, 0.25) is 0 Å².